The summed E-state index contributed by atoms with van der Waals surface area (Å²) in [6.07, 6.45) is 0. The summed E-state index contributed by atoms with van der Waals surface area (Å²) in [6, 6.07) is 10.5. The van der Waals surface area contributed by atoms with E-state index < -0.39 is 5.91 Å². The summed E-state index contributed by atoms with van der Waals surface area (Å²) in [5.74, 6) is -0.0470. The van der Waals surface area contributed by atoms with Gasteiger partial charge in [-0.2, -0.15) is 0 Å². The van der Waals surface area contributed by atoms with Crippen molar-refractivity contribution in [3.63, 3.8) is 0 Å². The Labute approximate surface area is 131 Å². The third-order valence-corrected chi connectivity index (χ3v) is 4.15. The maximum absolute atomic E-state index is 12.2. The van der Waals surface area contributed by atoms with E-state index in [0.29, 0.717) is 10.9 Å². The molecule has 0 unspecified atom stereocenters. The van der Waals surface area contributed by atoms with Crippen molar-refractivity contribution in [1.29, 1.82) is 0 Å². The van der Waals surface area contributed by atoms with Gasteiger partial charge in [0.1, 0.15) is 11.5 Å². The zero-order chi connectivity index (χ0) is 15.7. The highest BCUT2D eigenvalue weighted by molar-refractivity contribution is 7.22. The highest BCUT2D eigenvalue weighted by atomic mass is 32.1. The van der Waals surface area contributed by atoms with Crippen LogP contribution in [0.25, 0.3) is 10.2 Å². The molecule has 6 heteroatoms. The first-order chi connectivity index (χ1) is 10.6. The predicted molar refractivity (Wildman–Crippen MR) is 87.0 cm³/mol. The number of hydrogen-bond acceptors (Lipinski definition) is 5. The third kappa shape index (κ3) is 2.73. The van der Waals surface area contributed by atoms with Crippen molar-refractivity contribution in [2.75, 3.05) is 12.4 Å². The number of aromatic nitrogens is 1. The standard InChI is InChI=1S/C16H14N2O3S/c1-9-3-6-12-14(7-9)22-16(17-12)18-15(20)11-5-4-10(21-2)8-13(11)19/h3-8,19H,1-2H3,(H,17,18,20). The second-order valence-electron chi connectivity index (χ2n) is 4.83. The number of phenolic OH excluding ortho intramolecular Hbond substituents is 1. The highest BCUT2D eigenvalue weighted by Gasteiger charge is 2.14. The molecule has 2 N–H and O–H groups in total. The predicted octanol–water partition coefficient (Wildman–Crippen LogP) is 3.57. The first kappa shape index (κ1) is 14.3. The molecule has 2 aromatic carbocycles. The number of amides is 1. The van der Waals surface area contributed by atoms with Crippen molar-refractivity contribution in [3.8, 4) is 11.5 Å². The molecule has 0 aliphatic carbocycles. The smallest absolute Gasteiger partial charge is 0.261 e. The van der Waals surface area contributed by atoms with Gasteiger partial charge in [-0.3, -0.25) is 10.1 Å². The number of phenols is 1. The summed E-state index contributed by atoms with van der Waals surface area (Å²) in [6.45, 7) is 2.01. The van der Waals surface area contributed by atoms with Gasteiger partial charge in [-0.15, -0.1) is 0 Å². The molecule has 112 valence electrons. The molecule has 0 bridgehead atoms. The van der Waals surface area contributed by atoms with Crippen LogP contribution >= 0.6 is 11.3 Å². The first-order valence-corrected chi connectivity index (χ1v) is 7.44. The van der Waals surface area contributed by atoms with Gasteiger partial charge in [-0.05, 0) is 36.8 Å². The van der Waals surface area contributed by atoms with Crippen LogP contribution in [0.4, 0.5) is 5.13 Å². The van der Waals surface area contributed by atoms with Crippen LogP contribution in [-0.4, -0.2) is 23.1 Å². The van der Waals surface area contributed by atoms with E-state index in [9.17, 15) is 9.90 Å². The molecule has 0 radical (unpaired) electrons. The Bertz CT molecular complexity index is 858. The molecule has 1 amide bonds. The number of aromatic hydroxyl groups is 1. The Kier molecular flexibility index (Phi) is 3.68. The second kappa shape index (κ2) is 5.65. The largest absolute Gasteiger partial charge is 0.507 e. The molecule has 0 saturated heterocycles. The van der Waals surface area contributed by atoms with Crippen LogP contribution in [0.15, 0.2) is 36.4 Å². The van der Waals surface area contributed by atoms with Crippen LogP contribution in [0, 0.1) is 6.92 Å². The number of nitrogens with zero attached hydrogens (tertiary/aromatic N) is 1. The molecule has 0 fully saturated rings. The number of fused-ring (bicyclic) bond motifs is 1. The Morgan fingerprint density at radius 1 is 1.27 bits per heavy atom. The Hall–Kier alpha value is -2.60. The number of thiazole rings is 1. The van der Waals surface area contributed by atoms with Crippen LogP contribution in [-0.2, 0) is 0 Å². The fourth-order valence-corrected chi connectivity index (χ4v) is 3.04. The van der Waals surface area contributed by atoms with Gasteiger partial charge in [0.05, 0.1) is 22.9 Å². The quantitative estimate of drug-likeness (QED) is 0.775. The number of rotatable bonds is 3. The van der Waals surface area contributed by atoms with E-state index in [1.54, 1.807) is 6.07 Å². The molecular weight excluding hydrogens is 300 g/mol. The topological polar surface area (TPSA) is 71.5 Å². The highest BCUT2D eigenvalue weighted by Crippen LogP contribution is 2.28. The summed E-state index contributed by atoms with van der Waals surface area (Å²) in [4.78, 5) is 16.6. The summed E-state index contributed by atoms with van der Waals surface area (Å²) < 4.78 is 6.01. The van der Waals surface area contributed by atoms with Gasteiger partial charge in [0.25, 0.3) is 5.91 Å². The van der Waals surface area contributed by atoms with Crippen LogP contribution in [0.3, 0.4) is 0 Å². The number of carbonyl (C=O) groups excluding carboxylic acids is 1. The summed E-state index contributed by atoms with van der Waals surface area (Å²) in [5, 5.41) is 13.1. The summed E-state index contributed by atoms with van der Waals surface area (Å²) in [7, 11) is 1.50. The fourth-order valence-electron chi connectivity index (χ4n) is 2.08. The molecule has 0 atom stereocenters. The van der Waals surface area contributed by atoms with Gasteiger partial charge in [0, 0.05) is 6.07 Å². The van der Waals surface area contributed by atoms with Gasteiger partial charge in [0.15, 0.2) is 5.13 Å². The van der Waals surface area contributed by atoms with Gasteiger partial charge in [-0.25, -0.2) is 4.98 Å². The average Bonchev–Trinajstić information content (AvgIpc) is 2.88. The number of anilines is 1. The molecule has 22 heavy (non-hydrogen) atoms. The van der Waals surface area contributed by atoms with Crippen molar-refractivity contribution < 1.29 is 14.6 Å². The normalized spacial score (nSPS) is 10.6. The maximum atomic E-state index is 12.2. The zero-order valence-corrected chi connectivity index (χ0v) is 12.9. The zero-order valence-electron chi connectivity index (χ0n) is 12.1. The van der Waals surface area contributed by atoms with Crippen molar-refractivity contribution in [2.24, 2.45) is 0 Å². The molecule has 1 aromatic heterocycles. The Balaban J connectivity index is 1.86. The molecule has 3 aromatic rings. The van der Waals surface area contributed by atoms with Gasteiger partial charge in [-0.1, -0.05) is 17.4 Å². The lowest BCUT2D eigenvalue weighted by molar-refractivity contribution is 0.102. The minimum atomic E-state index is -0.407. The Morgan fingerprint density at radius 3 is 2.82 bits per heavy atom. The molecule has 0 aliphatic rings. The SMILES string of the molecule is COc1ccc(C(=O)Nc2nc3ccc(C)cc3s2)c(O)c1. The van der Waals surface area contributed by atoms with Crippen molar-refractivity contribution in [1.82, 2.24) is 4.98 Å². The van der Waals surface area contributed by atoms with Crippen LogP contribution < -0.4 is 10.1 Å². The number of hydrogen-bond donors (Lipinski definition) is 2. The fraction of sp³-hybridized carbons (Fsp3) is 0.125. The lowest BCUT2D eigenvalue weighted by atomic mass is 10.2. The number of methoxy groups -OCH3 is 1. The van der Waals surface area contributed by atoms with E-state index in [1.807, 2.05) is 25.1 Å². The second-order valence-corrected chi connectivity index (χ2v) is 5.86. The number of aryl methyl sites for hydroxylation is 1. The van der Waals surface area contributed by atoms with E-state index >= 15 is 0 Å². The lowest BCUT2D eigenvalue weighted by Gasteiger charge is -2.06. The van der Waals surface area contributed by atoms with E-state index in [0.717, 1.165) is 15.8 Å². The third-order valence-electron chi connectivity index (χ3n) is 3.21. The summed E-state index contributed by atoms with van der Waals surface area (Å²) >= 11 is 1.40. The van der Waals surface area contributed by atoms with Gasteiger partial charge in [0.2, 0.25) is 0 Å². The molecule has 0 saturated carbocycles. The minimum absolute atomic E-state index is 0.131. The minimum Gasteiger partial charge on any atom is -0.507 e. The number of carbonyl (C=O) groups is 1. The summed E-state index contributed by atoms with van der Waals surface area (Å²) in [5.41, 5.74) is 2.16. The number of ether oxygens (including phenoxy) is 1. The van der Waals surface area contributed by atoms with Crippen LogP contribution in [0.5, 0.6) is 11.5 Å². The van der Waals surface area contributed by atoms with E-state index in [1.165, 1.54) is 30.6 Å². The number of nitrogens with one attached hydrogen (secondary N) is 1. The molecule has 0 aliphatic heterocycles. The average molecular weight is 314 g/mol. The first-order valence-electron chi connectivity index (χ1n) is 6.62. The maximum Gasteiger partial charge on any atom is 0.261 e. The van der Waals surface area contributed by atoms with Gasteiger partial charge >= 0.3 is 0 Å². The molecule has 0 spiro atoms. The van der Waals surface area contributed by atoms with Crippen molar-refractivity contribution in [2.45, 2.75) is 6.92 Å². The molecule has 3 rings (SSSR count). The molecular formula is C16H14N2O3S. The van der Waals surface area contributed by atoms with E-state index in [-0.39, 0.29) is 11.3 Å². The van der Waals surface area contributed by atoms with Gasteiger partial charge < -0.3 is 9.84 Å². The molecule has 5 nitrogen and oxygen atoms in total. The van der Waals surface area contributed by atoms with E-state index in [4.69, 9.17) is 4.74 Å². The van der Waals surface area contributed by atoms with Crippen molar-refractivity contribution >= 4 is 32.6 Å². The Morgan fingerprint density at radius 2 is 2.09 bits per heavy atom. The monoisotopic (exact) mass is 314 g/mol. The van der Waals surface area contributed by atoms with Crippen molar-refractivity contribution in [3.05, 3.63) is 47.5 Å². The lowest BCUT2D eigenvalue weighted by Crippen LogP contribution is -2.11. The number of benzene rings is 2. The van der Waals surface area contributed by atoms with Crippen LogP contribution in [0.1, 0.15) is 15.9 Å². The van der Waals surface area contributed by atoms with E-state index in [2.05, 4.69) is 10.3 Å². The molecule has 1 heterocycles. The van der Waals surface area contributed by atoms with Crippen LogP contribution in [0.2, 0.25) is 0 Å².